The fourth-order valence-corrected chi connectivity index (χ4v) is 8.19. The highest BCUT2D eigenvalue weighted by molar-refractivity contribution is 5.78. The lowest BCUT2D eigenvalue weighted by molar-refractivity contribution is -0.162. The number of likely N-dealkylation sites (tertiary alicyclic amines) is 3. The molecule has 1 N–H and O–H groups in total. The van der Waals surface area contributed by atoms with E-state index in [1.54, 1.807) is 7.11 Å². The smallest absolute Gasteiger partial charge is 0.236 e. The van der Waals surface area contributed by atoms with Gasteiger partial charge in [0.1, 0.15) is 6.10 Å². The number of methoxy groups -OCH3 is 1. The van der Waals surface area contributed by atoms with Crippen molar-refractivity contribution in [2.75, 3.05) is 52.9 Å². The number of piperidine rings is 2. The van der Waals surface area contributed by atoms with Gasteiger partial charge < -0.3 is 19.5 Å². The minimum atomic E-state index is -0.907. The van der Waals surface area contributed by atoms with E-state index in [-0.39, 0.29) is 18.1 Å². The van der Waals surface area contributed by atoms with Gasteiger partial charge in [-0.3, -0.25) is 14.6 Å². The molecule has 4 heterocycles. The van der Waals surface area contributed by atoms with Crippen LogP contribution in [0.3, 0.4) is 0 Å². The summed E-state index contributed by atoms with van der Waals surface area (Å²) < 4.78 is 12.5. The molecule has 35 heavy (non-hydrogen) atoms. The molecular weight excluding hydrogens is 442 g/mol. The molecule has 1 saturated carbocycles. The average Bonchev–Trinajstić information content (AvgIpc) is 3.63. The van der Waals surface area contributed by atoms with Crippen molar-refractivity contribution in [2.45, 2.75) is 74.5 Å². The van der Waals surface area contributed by atoms with Crippen molar-refractivity contribution in [1.82, 2.24) is 14.7 Å². The van der Waals surface area contributed by atoms with Gasteiger partial charge in [-0.15, -0.1) is 0 Å². The average molecular weight is 482 g/mol. The molecule has 0 unspecified atom stereocenters. The molecule has 4 aliphatic heterocycles. The van der Waals surface area contributed by atoms with Crippen molar-refractivity contribution in [3.63, 3.8) is 0 Å². The molecule has 3 saturated heterocycles. The van der Waals surface area contributed by atoms with Gasteiger partial charge in [0, 0.05) is 24.7 Å². The van der Waals surface area contributed by atoms with Gasteiger partial charge in [0.25, 0.3) is 0 Å². The second kappa shape index (κ2) is 8.09. The number of aliphatic hydroxyl groups is 1. The molecule has 0 radical (unpaired) electrons. The van der Waals surface area contributed by atoms with Crippen LogP contribution in [0.15, 0.2) is 12.1 Å². The first-order valence-corrected chi connectivity index (χ1v) is 13.9. The van der Waals surface area contributed by atoms with Crippen LogP contribution >= 0.6 is 0 Å². The summed E-state index contributed by atoms with van der Waals surface area (Å²) >= 11 is 0. The van der Waals surface area contributed by atoms with Gasteiger partial charge in [0.2, 0.25) is 5.91 Å². The lowest BCUT2D eigenvalue weighted by Crippen LogP contribution is -2.74. The quantitative estimate of drug-likeness (QED) is 0.696. The van der Waals surface area contributed by atoms with Crippen LogP contribution in [0.2, 0.25) is 0 Å². The van der Waals surface area contributed by atoms with E-state index in [2.05, 4.69) is 15.9 Å². The Morgan fingerprint density at radius 1 is 1.14 bits per heavy atom. The Balaban J connectivity index is 1.27. The zero-order valence-corrected chi connectivity index (χ0v) is 21.0. The summed E-state index contributed by atoms with van der Waals surface area (Å²) in [5.41, 5.74) is 1.09. The first-order chi connectivity index (χ1) is 17.0. The number of ether oxygens (including phenoxy) is 2. The topological polar surface area (TPSA) is 65.5 Å². The summed E-state index contributed by atoms with van der Waals surface area (Å²) in [6.07, 6.45) is 8.34. The molecule has 6 aliphatic rings. The predicted molar refractivity (Wildman–Crippen MR) is 132 cm³/mol. The Morgan fingerprint density at radius 2 is 1.97 bits per heavy atom. The van der Waals surface area contributed by atoms with E-state index in [1.165, 1.54) is 43.2 Å². The molecular formula is C28H39N3O4. The lowest BCUT2D eigenvalue weighted by atomic mass is 9.52. The van der Waals surface area contributed by atoms with Crippen molar-refractivity contribution >= 4 is 5.91 Å². The molecule has 7 heteroatoms. The second-order valence-electron chi connectivity index (χ2n) is 12.0. The van der Waals surface area contributed by atoms with Gasteiger partial charge in [-0.25, -0.2) is 0 Å². The first kappa shape index (κ1) is 22.4. The zero-order chi connectivity index (χ0) is 23.8. The largest absolute Gasteiger partial charge is 0.493 e. The van der Waals surface area contributed by atoms with Gasteiger partial charge in [-0.1, -0.05) is 12.5 Å². The maximum absolute atomic E-state index is 13.5. The minimum absolute atomic E-state index is 0.0759. The third-order valence-corrected chi connectivity index (χ3v) is 10.2. The van der Waals surface area contributed by atoms with Gasteiger partial charge >= 0.3 is 0 Å². The zero-order valence-electron chi connectivity index (χ0n) is 21.0. The molecule has 190 valence electrons. The molecule has 1 amide bonds. The van der Waals surface area contributed by atoms with Gasteiger partial charge in [0.05, 0.1) is 31.2 Å². The summed E-state index contributed by atoms with van der Waals surface area (Å²) in [6, 6.07) is 4.30. The molecule has 7 rings (SSSR count). The number of rotatable bonds is 5. The van der Waals surface area contributed by atoms with E-state index in [0.29, 0.717) is 26.1 Å². The highest BCUT2D eigenvalue weighted by Gasteiger charge is 2.71. The van der Waals surface area contributed by atoms with Crippen molar-refractivity contribution in [1.29, 1.82) is 0 Å². The van der Waals surface area contributed by atoms with Crippen LogP contribution in [0.25, 0.3) is 0 Å². The Morgan fingerprint density at radius 3 is 2.74 bits per heavy atom. The molecule has 1 aromatic rings. The third kappa shape index (κ3) is 3.23. The maximum atomic E-state index is 13.5. The van der Waals surface area contributed by atoms with Gasteiger partial charge in [-0.2, -0.15) is 0 Å². The lowest BCUT2D eigenvalue weighted by Gasteiger charge is -2.60. The standard InChI is InChI=1S/C28H39N3O4/c1-34-21-8-7-20-15-22-28(33)10-14-31(24(32)18-29-11-3-2-4-12-29)17-23-27(28,25(20)26(21)35-23)9-13-30(22)16-19-5-6-19/h7-8,19,22-23,33H,2-6,9-18H2,1H3/t22-,23+,27-,28-/m1/s1. The van der Waals surface area contributed by atoms with Crippen molar-refractivity contribution in [3.05, 3.63) is 23.3 Å². The SMILES string of the molecule is COc1ccc2c3c1O[C@H]1CN(C(=O)CN4CCCCC4)CC[C@@]4(O)[C@@H](C2)N(CC2CC2)CC[C@]314. The van der Waals surface area contributed by atoms with Crippen LogP contribution in [0.5, 0.6) is 11.5 Å². The number of amides is 1. The molecule has 0 aromatic heterocycles. The Hall–Kier alpha value is -1.83. The summed E-state index contributed by atoms with van der Waals surface area (Å²) in [4.78, 5) is 20.4. The van der Waals surface area contributed by atoms with Crippen LogP contribution < -0.4 is 9.47 Å². The van der Waals surface area contributed by atoms with Crippen LogP contribution in [0, 0.1) is 5.92 Å². The summed E-state index contributed by atoms with van der Waals surface area (Å²) in [5, 5.41) is 12.8. The monoisotopic (exact) mass is 481 g/mol. The maximum Gasteiger partial charge on any atom is 0.236 e. The predicted octanol–water partition coefficient (Wildman–Crippen LogP) is 2.18. The Bertz CT molecular complexity index is 1020. The highest BCUT2D eigenvalue weighted by Crippen LogP contribution is 2.63. The van der Waals surface area contributed by atoms with E-state index >= 15 is 0 Å². The summed E-state index contributed by atoms with van der Waals surface area (Å²) in [7, 11) is 1.69. The van der Waals surface area contributed by atoms with Crippen molar-refractivity contribution in [2.24, 2.45) is 5.92 Å². The van der Waals surface area contributed by atoms with Crippen LogP contribution in [-0.2, 0) is 16.6 Å². The van der Waals surface area contributed by atoms with E-state index < -0.39 is 11.0 Å². The number of benzene rings is 1. The molecule has 1 spiro atoms. The number of carbonyl (C=O) groups is 1. The molecule has 2 aliphatic carbocycles. The molecule has 4 fully saturated rings. The van der Waals surface area contributed by atoms with E-state index in [1.807, 2.05) is 11.0 Å². The second-order valence-corrected chi connectivity index (χ2v) is 12.0. The van der Waals surface area contributed by atoms with E-state index in [4.69, 9.17) is 9.47 Å². The summed E-state index contributed by atoms with van der Waals surface area (Å²) in [6.45, 7) is 5.73. The first-order valence-electron chi connectivity index (χ1n) is 13.9. The Kier molecular flexibility index (Phi) is 5.17. The number of carbonyl (C=O) groups excluding carboxylic acids is 1. The molecule has 1 aromatic carbocycles. The molecule has 2 bridgehead atoms. The highest BCUT2D eigenvalue weighted by atomic mass is 16.5. The number of nitrogens with zero attached hydrogens (tertiary/aromatic N) is 3. The minimum Gasteiger partial charge on any atom is -0.493 e. The molecule has 4 atom stereocenters. The third-order valence-electron chi connectivity index (χ3n) is 10.2. The van der Waals surface area contributed by atoms with Crippen molar-refractivity contribution in [3.8, 4) is 11.5 Å². The van der Waals surface area contributed by atoms with Crippen molar-refractivity contribution < 1.29 is 19.4 Å². The van der Waals surface area contributed by atoms with Crippen LogP contribution in [-0.4, -0.2) is 96.4 Å². The van der Waals surface area contributed by atoms with Crippen LogP contribution in [0.1, 0.15) is 56.1 Å². The van der Waals surface area contributed by atoms with Crippen LogP contribution in [0.4, 0.5) is 0 Å². The van der Waals surface area contributed by atoms with E-state index in [9.17, 15) is 9.90 Å². The normalized spacial score (nSPS) is 36.3. The number of hydrogen-bond acceptors (Lipinski definition) is 6. The fourth-order valence-electron chi connectivity index (χ4n) is 8.19. The molecule has 7 nitrogen and oxygen atoms in total. The number of hydrogen-bond donors (Lipinski definition) is 1. The van der Waals surface area contributed by atoms with E-state index in [0.717, 1.165) is 56.4 Å². The Labute approximate surface area is 208 Å². The van der Waals surface area contributed by atoms with Gasteiger partial charge in [-0.05, 0) is 82.1 Å². The van der Waals surface area contributed by atoms with Gasteiger partial charge in [0.15, 0.2) is 11.5 Å². The fraction of sp³-hybridized carbons (Fsp3) is 0.750. The summed E-state index contributed by atoms with van der Waals surface area (Å²) in [5.74, 6) is 2.53.